The summed E-state index contributed by atoms with van der Waals surface area (Å²) >= 11 is 0. The second-order valence-corrected chi connectivity index (χ2v) is 7.10. The molecule has 3 aromatic rings. The molecule has 0 heterocycles. The fourth-order valence-corrected chi connectivity index (χ4v) is 3.41. The molecule has 1 amide bonds. The molecule has 0 bridgehead atoms. The Hall–Kier alpha value is -3.18. The minimum Gasteiger partial charge on any atom is -0.461 e. The van der Waals surface area contributed by atoms with Crippen molar-refractivity contribution >= 4 is 28.3 Å². The molecule has 0 fully saturated rings. The molecular formula is C25H28N2O3. The Balaban J connectivity index is 1.55. The molecular weight excluding hydrogens is 376 g/mol. The smallest absolute Gasteiger partial charge is 0.338 e. The van der Waals surface area contributed by atoms with E-state index in [9.17, 15) is 9.59 Å². The monoisotopic (exact) mass is 404 g/mol. The van der Waals surface area contributed by atoms with Crippen LogP contribution in [0.15, 0.2) is 66.7 Å². The highest BCUT2D eigenvalue weighted by Gasteiger charge is 2.10. The van der Waals surface area contributed by atoms with Gasteiger partial charge in [-0.05, 0) is 53.7 Å². The minimum atomic E-state index is -0.351. The van der Waals surface area contributed by atoms with Crippen LogP contribution < -0.4 is 5.32 Å². The van der Waals surface area contributed by atoms with Gasteiger partial charge in [0.2, 0.25) is 5.91 Å². The van der Waals surface area contributed by atoms with Crippen LogP contribution in [0.25, 0.3) is 10.8 Å². The number of ether oxygens (including phenoxy) is 1. The van der Waals surface area contributed by atoms with Crippen LogP contribution in [0.2, 0.25) is 0 Å². The number of likely N-dealkylation sites (N-methyl/N-ethyl adjacent to an activating group) is 1. The average molecular weight is 405 g/mol. The van der Waals surface area contributed by atoms with Gasteiger partial charge < -0.3 is 15.0 Å². The lowest BCUT2D eigenvalue weighted by Gasteiger charge is -2.17. The largest absolute Gasteiger partial charge is 0.461 e. The number of fused-ring (bicyclic) bond motifs is 1. The van der Waals surface area contributed by atoms with Crippen LogP contribution in [0.1, 0.15) is 29.8 Å². The quantitative estimate of drug-likeness (QED) is 0.533. The lowest BCUT2D eigenvalue weighted by Crippen LogP contribution is -2.27. The van der Waals surface area contributed by atoms with Crippen molar-refractivity contribution in [2.75, 3.05) is 31.6 Å². The van der Waals surface area contributed by atoms with Crippen LogP contribution in [0.4, 0.5) is 5.69 Å². The van der Waals surface area contributed by atoms with E-state index in [1.165, 1.54) is 0 Å². The highest BCUT2D eigenvalue weighted by Crippen LogP contribution is 2.19. The van der Waals surface area contributed by atoms with E-state index in [0.29, 0.717) is 17.9 Å². The highest BCUT2D eigenvalue weighted by atomic mass is 16.5. The van der Waals surface area contributed by atoms with E-state index >= 15 is 0 Å². The first-order valence-corrected chi connectivity index (χ1v) is 10.4. The standard InChI is InChI=1S/C25H28N2O3/c1-3-27(4-2)16-17-30-25(29)20-12-14-22(15-13-20)26-24(28)18-21-10-7-9-19-8-5-6-11-23(19)21/h5-15H,3-4,16-18H2,1-2H3,(H,26,28). The highest BCUT2D eigenvalue weighted by molar-refractivity contribution is 5.96. The first kappa shape index (κ1) is 21.5. The van der Waals surface area contributed by atoms with Crippen molar-refractivity contribution in [2.24, 2.45) is 0 Å². The molecule has 5 heteroatoms. The topological polar surface area (TPSA) is 58.6 Å². The SMILES string of the molecule is CCN(CC)CCOC(=O)c1ccc(NC(=O)Cc2cccc3ccccc23)cc1. The van der Waals surface area contributed by atoms with Gasteiger partial charge in [0.15, 0.2) is 0 Å². The van der Waals surface area contributed by atoms with Gasteiger partial charge in [-0.3, -0.25) is 4.79 Å². The van der Waals surface area contributed by atoms with E-state index in [1.807, 2.05) is 42.5 Å². The first-order chi connectivity index (χ1) is 14.6. The number of hydrogen-bond acceptors (Lipinski definition) is 4. The van der Waals surface area contributed by atoms with Gasteiger partial charge in [-0.15, -0.1) is 0 Å². The molecule has 0 aliphatic carbocycles. The number of benzene rings is 3. The number of esters is 1. The van der Waals surface area contributed by atoms with Gasteiger partial charge in [0.25, 0.3) is 0 Å². The number of carbonyl (C=O) groups excluding carboxylic acids is 2. The molecule has 0 aromatic heterocycles. The summed E-state index contributed by atoms with van der Waals surface area (Å²) in [6.07, 6.45) is 0.288. The third-order valence-corrected chi connectivity index (χ3v) is 5.17. The first-order valence-electron chi connectivity index (χ1n) is 10.4. The fourth-order valence-electron chi connectivity index (χ4n) is 3.41. The van der Waals surface area contributed by atoms with Crippen molar-refractivity contribution in [3.8, 4) is 0 Å². The summed E-state index contributed by atoms with van der Waals surface area (Å²) in [7, 11) is 0. The van der Waals surface area contributed by atoms with Crippen LogP contribution in [-0.2, 0) is 16.0 Å². The summed E-state index contributed by atoms with van der Waals surface area (Å²) < 4.78 is 5.34. The van der Waals surface area contributed by atoms with Gasteiger partial charge in [-0.2, -0.15) is 0 Å². The molecule has 0 spiro atoms. The average Bonchev–Trinajstić information content (AvgIpc) is 2.77. The maximum absolute atomic E-state index is 12.5. The second-order valence-electron chi connectivity index (χ2n) is 7.10. The predicted octanol–water partition coefficient (Wildman–Crippen LogP) is 4.52. The summed E-state index contributed by atoms with van der Waals surface area (Å²) in [5, 5.41) is 5.10. The fraction of sp³-hybridized carbons (Fsp3) is 0.280. The maximum Gasteiger partial charge on any atom is 0.338 e. The summed E-state index contributed by atoms with van der Waals surface area (Å²) in [5.74, 6) is -0.448. The van der Waals surface area contributed by atoms with Crippen LogP contribution in [-0.4, -0.2) is 43.0 Å². The van der Waals surface area contributed by atoms with Crippen molar-refractivity contribution in [3.63, 3.8) is 0 Å². The number of anilines is 1. The van der Waals surface area contributed by atoms with E-state index in [1.54, 1.807) is 24.3 Å². The maximum atomic E-state index is 12.5. The Morgan fingerprint density at radius 3 is 2.33 bits per heavy atom. The van der Waals surface area contributed by atoms with E-state index < -0.39 is 0 Å². The van der Waals surface area contributed by atoms with E-state index in [2.05, 4.69) is 24.1 Å². The van der Waals surface area contributed by atoms with Gasteiger partial charge in [-0.1, -0.05) is 56.3 Å². The van der Waals surface area contributed by atoms with Crippen LogP contribution in [0.5, 0.6) is 0 Å². The van der Waals surface area contributed by atoms with E-state index in [4.69, 9.17) is 4.74 Å². The zero-order valence-electron chi connectivity index (χ0n) is 17.6. The van der Waals surface area contributed by atoms with Crippen molar-refractivity contribution < 1.29 is 14.3 Å². The van der Waals surface area contributed by atoms with Crippen LogP contribution in [0, 0.1) is 0 Å². The molecule has 0 unspecified atom stereocenters. The Morgan fingerprint density at radius 1 is 0.900 bits per heavy atom. The molecule has 5 nitrogen and oxygen atoms in total. The van der Waals surface area contributed by atoms with Crippen LogP contribution >= 0.6 is 0 Å². The molecule has 0 saturated heterocycles. The van der Waals surface area contributed by atoms with Crippen molar-refractivity contribution in [1.82, 2.24) is 4.90 Å². The molecule has 3 aromatic carbocycles. The molecule has 0 aliphatic rings. The number of hydrogen-bond donors (Lipinski definition) is 1. The summed E-state index contributed by atoms with van der Waals surface area (Å²) in [6, 6.07) is 20.8. The molecule has 0 radical (unpaired) electrons. The molecule has 156 valence electrons. The predicted molar refractivity (Wildman–Crippen MR) is 121 cm³/mol. The molecule has 3 rings (SSSR count). The van der Waals surface area contributed by atoms with Crippen molar-refractivity contribution in [3.05, 3.63) is 77.9 Å². The molecule has 0 atom stereocenters. The Morgan fingerprint density at radius 2 is 1.60 bits per heavy atom. The molecule has 30 heavy (non-hydrogen) atoms. The van der Waals surface area contributed by atoms with Gasteiger partial charge in [0.05, 0.1) is 12.0 Å². The second kappa shape index (κ2) is 10.6. The third kappa shape index (κ3) is 5.67. The van der Waals surface area contributed by atoms with E-state index in [0.717, 1.165) is 36.0 Å². The Bertz CT molecular complexity index is 989. The molecule has 0 saturated carbocycles. The third-order valence-electron chi connectivity index (χ3n) is 5.17. The Labute approximate surface area is 177 Å². The number of rotatable bonds is 9. The summed E-state index contributed by atoms with van der Waals surface area (Å²) in [6.45, 7) is 7.12. The number of amides is 1. The normalized spacial score (nSPS) is 10.9. The molecule has 1 N–H and O–H groups in total. The van der Waals surface area contributed by atoms with Crippen LogP contribution in [0.3, 0.4) is 0 Å². The number of nitrogens with one attached hydrogen (secondary N) is 1. The minimum absolute atomic E-state index is 0.0964. The summed E-state index contributed by atoms with van der Waals surface area (Å²) in [4.78, 5) is 26.9. The van der Waals surface area contributed by atoms with Crippen molar-refractivity contribution in [2.45, 2.75) is 20.3 Å². The molecule has 0 aliphatic heterocycles. The van der Waals surface area contributed by atoms with Gasteiger partial charge in [0.1, 0.15) is 6.61 Å². The lowest BCUT2D eigenvalue weighted by atomic mass is 10.0. The van der Waals surface area contributed by atoms with Gasteiger partial charge in [0, 0.05) is 12.2 Å². The lowest BCUT2D eigenvalue weighted by molar-refractivity contribution is -0.115. The summed E-state index contributed by atoms with van der Waals surface area (Å²) in [5.41, 5.74) is 2.11. The zero-order valence-corrected chi connectivity index (χ0v) is 17.6. The van der Waals surface area contributed by atoms with Gasteiger partial charge in [-0.25, -0.2) is 4.79 Å². The zero-order chi connectivity index (χ0) is 21.3. The van der Waals surface area contributed by atoms with E-state index in [-0.39, 0.29) is 18.3 Å². The van der Waals surface area contributed by atoms with Crippen molar-refractivity contribution in [1.29, 1.82) is 0 Å². The Kier molecular flexibility index (Phi) is 7.57. The number of nitrogens with zero attached hydrogens (tertiary/aromatic N) is 1. The van der Waals surface area contributed by atoms with Gasteiger partial charge >= 0.3 is 5.97 Å². The number of carbonyl (C=O) groups is 2.